The van der Waals surface area contributed by atoms with Gasteiger partial charge in [-0.1, -0.05) is 61.2 Å². The van der Waals surface area contributed by atoms with Crippen LogP contribution in [0.1, 0.15) is 0 Å². The van der Waals surface area contributed by atoms with Crippen LogP contribution >= 0.6 is 15.1 Å². The second-order valence-electron chi connectivity index (χ2n) is 6.68. The summed E-state index contributed by atoms with van der Waals surface area (Å²) in [6.07, 6.45) is 0.807. The first-order chi connectivity index (χ1) is 14.2. The molecule has 0 aliphatic carbocycles. The van der Waals surface area contributed by atoms with Crippen molar-refractivity contribution < 1.29 is 29.9 Å². The molecular weight excluding hydrogens is 456 g/mol. The fraction of sp³-hybridized carbons (Fsp3) is 0.0909. The number of rotatable bonds is 6. The zero-order valence-corrected chi connectivity index (χ0v) is 18.4. The predicted molar refractivity (Wildman–Crippen MR) is 120 cm³/mol. The van der Waals surface area contributed by atoms with E-state index in [9.17, 15) is 25.2 Å². The van der Waals surface area contributed by atoms with Crippen LogP contribution in [0.15, 0.2) is 103 Å². The van der Waals surface area contributed by atoms with Gasteiger partial charge < -0.3 is 4.74 Å². The Labute approximate surface area is 178 Å². The van der Waals surface area contributed by atoms with E-state index >= 15 is 0 Å². The third-order valence-electron chi connectivity index (χ3n) is 4.29. The summed E-state index contributed by atoms with van der Waals surface area (Å²) in [5.74, 6) is 0.819. The van der Waals surface area contributed by atoms with Crippen molar-refractivity contribution in [1.29, 1.82) is 0 Å². The average molecular weight is 478 g/mol. The molecule has 0 saturated heterocycles. The summed E-state index contributed by atoms with van der Waals surface area (Å²) in [6.45, 7) is 4.14. The summed E-state index contributed by atoms with van der Waals surface area (Å²) < 4.78 is 64.7. The van der Waals surface area contributed by atoms with E-state index in [0.29, 0.717) is 0 Å². The van der Waals surface area contributed by atoms with Crippen molar-refractivity contribution in [3.63, 3.8) is 0 Å². The van der Waals surface area contributed by atoms with Crippen molar-refractivity contribution in [2.24, 2.45) is 0 Å². The van der Waals surface area contributed by atoms with Gasteiger partial charge in [0, 0.05) is 0 Å². The number of methoxy groups -OCH3 is 1. The molecule has 168 valence electrons. The van der Waals surface area contributed by atoms with E-state index in [1.165, 1.54) is 15.9 Å². The van der Waals surface area contributed by atoms with E-state index < -0.39 is 15.1 Å². The summed E-state index contributed by atoms with van der Waals surface area (Å²) in [6, 6.07) is 32.3. The van der Waals surface area contributed by atoms with Gasteiger partial charge in [0.05, 0.1) is 7.11 Å². The van der Waals surface area contributed by atoms with Crippen LogP contribution in [0.25, 0.3) is 0 Å². The molecule has 0 radical (unpaired) electrons. The summed E-state index contributed by atoms with van der Waals surface area (Å²) >= 11 is 0. The standard InChI is InChI=1S/C22H22OP.F6P/c1-19(23-2)18-24(20-12-6-3-7-13-20,21-14-8-4-9-15-21)22-16-10-5-11-17-22;1-7(2,3,4,5)6/h3-17H,1,18H2,2H3;/q+1;-1. The molecule has 0 bridgehead atoms. The van der Waals surface area contributed by atoms with Crippen molar-refractivity contribution in [2.45, 2.75) is 0 Å². The molecular formula is C22H22F6OP2. The fourth-order valence-electron chi connectivity index (χ4n) is 3.10. The maximum absolute atomic E-state index is 10.7. The Hall–Kier alpha value is -2.36. The zero-order chi connectivity index (χ0) is 23.2. The summed E-state index contributed by atoms with van der Waals surface area (Å²) in [7, 11) is -10.8. The van der Waals surface area contributed by atoms with Crippen LogP contribution < -0.4 is 15.9 Å². The van der Waals surface area contributed by atoms with Crippen LogP contribution in [0.5, 0.6) is 0 Å². The number of benzene rings is 3. The van der Waals surface area contributed by atoms with Crippen molar-refractivity contribution in [3.05, 3.63) is 103 Å². The molecule has 0 aromatic heterocycles. The van der Waals surface area contributed by atoms with E-state index in [-0.39, 0.29) is 0 Å². The van der Waals surface area contributed by atoms with Gasteiger partial charge in [-0.15, -0.1) is 0 Å². The monoisotopic (exact) mass is 478 g/mol. The first-order valence-electron chi connectivity index (χ1n) is 9.05. The number of allylic oxidation sites excluding steroid dienone is 1. The van der Waals surface area contributed by atoms with Gasteiger partial charge in [-0.25, -0.2) is 0 Å². The van der Waals surface area contributed by atoms with Crippen LogP contribution in [-0.2, 0) is 4.74 Å². The van der Waals surface area contributed by atoms with Gasteiger partial charge in [0.2, 0.25) is 0 Å². The van der Waals surface area contributed by atoms with Gasteiger partial charge in [-0.3, -0.25) is 0 Å². The van der Waals surface area contributed by atoms with E-state index in [1.54, 1.807) is 7.11 Å². The maximum atomic E-state index is 9.87. The third-order valence-corrected chi connectivity index (χ3v) is 8.66. The topological polar surface area (TPSA) is 9.23 Å². The van der Waals surface area contributed by atoms with E-state index in [4.69, 9.17) is 4.74 Å². The van der Waals surface area contributed by atoms with Crippen molar-refractivity contribution in [3.8, 4) is 0 Å². The Morgan fingerprint density at radius 2 is 0.935 bits per heavy atom. The predicted octanol–water partition coefficient (Wildman–Crippen LogP) is 7.52. The van der Waals surface area contributed by atoms with Crippen LogP contribution in [0.3, 0.4) is 0 Å². The van der Waals surface area contributed by atoms with Gasteiger partial charge in [-0.2, -0.15) is 0 Å². The molecule has 0 saturated carbocycles. The number of hydrogen-bond acceptors (Lipinski definition) is 1. The molecule has 9 heteroatoms. The Morgan fingerprint density at radius 3 is 1.16 bits per heavy atom. The first-order valence-corrected chi connectivity index (χ1v) is 13.1. The Morgan fingerprint density at radius 1 is 0.677 bits per heavy atom. The second-order valence-corrected chi connectivity index (χ2v) is 12.1. The van der Waals surface area contributed by atoms with Crippen molar-refractivity contribution in [2.75, 3.05) is 13.3 Å². The first kappa shape index (κ1) is 24.9. The van der Waals surface area contributed by atoms with Gasteiger partial charge in [0.1, 0.15) is 35.1 Å². The molecule has 0 fully saturated rings. The molecule has 0 amide bonds. The Kier molecular flexibility index (Phi) is 6.94. The minimum atomic E-state index is -10.7. The van der Waals surface area contributed by atoms with Gasteiger partial charge in [0.25, 0.3) is 0 Å². The minimum absolute atomic E-state index is 0.807. The van der Waals surface area contributed by atoms with E-state index in [2.05, 4.69) is 97.6 Å². The second kappa shape index (κ2) is 8.64. The molecule has 31 heavy (non-hydrogen) atoms. The molecule has 0 aliphatic rings. The molecule has 3 aromatic carbocycles. The quantitative estimate of drug-likeness (QED) is 0.202. The summed E-state index contributed by atoms with van der Waals surface area (Å²) in [5.41, 5.74) is 0. The molecule has 0 atom stereocenters. The molecule has 0 aliphatic heterocycles. The Bertz CT molecular complexity index is 884. The molecule has 0 heterocycles. The van der Waals surface area contributed by atoms with Crippen LogP contribution in [0.4, 0.5) is 25.2 Å². The summed E-state index contributed by atoms with van der Waals surface area (Å²) in [5, 5.41) is 4.04. The van der Waals surface area contributed by atoms with Crippen LogP contribution in [-0.4, -0.2) is 13.3 Å². The van der Waals surface area contributed by atoms with E-state index in [0.717, 1.165) is 11.9 Å². The molecule has 0 spiro atoms. The average Bonchev–Trinajstić information content (AvgIpc) is 2.71. The molecule has 3 aromatic rings. The van der Waals surface area contributed by atoms with Crippen LogP contribution in [0, 0.1) is 0 Å². The zero-order valence-electron chi connectivity index (χ0n) is 16.6. The molecule has 0 N–H and O–H groups in total. The molecule has 3 rings (SSSR count). The number of ether oxygens (including phenoxy) is 1. The summed E-state index contributed by atoms with van der Waals surface area (Å²) in [4.78, 5) is 0. The van der Waals surface area contributed by atoms with Gasteiger partial charge in [-0.05, 0) is 36.4 Å². The molecule has 0 unspecified atom stereocenters. The van der Waals surface area contributed by atoms with Crippen molar-refractivity contribution in [1.82, 2.24) is 0 Å². The van der Waals surface area contributed by atoms with Gasteiger partial charge >= 0.3 is 33.0 Å². The fourth-order valence-corrected chi connectivity index (χ4v) is 7.24. The Balaban J connectivity index is 0.000000423. The molecule has 1 nitrogen and oxygen atoms in total. The van der Waals surface area contributed by atoms with E-state index in [1.807, 2.05) is 0 Å². The number of hydrogen-bond donors (Lipinski definition) is 0. The third kappa shape index (κ3) is 8.35. The number of halogens is 6. The van der Waals surface area contributed by atoms with Crippen LogP contribution in [0.2, 0.25) is 0 Å². The van der Waals surface area contributed by atoms with Gasteiger partial charge in [0.15, 0.2) is 0 Å². The normalized spacial score (nSPS) is 13.8. The SMILES string of the molecule is C=C(C[P+](c1ccccc1)(c1ccccc1)c1ccccc1)OC.F[P-](F)(F)(F)(F)F. The van der Waals surface area contributed by atoms with Crippen molar-refractivity contribution >= 4 is 31.0 Å².